The zero-order chi connectivity index (χ0) is 15.1. The molecule has 0 atom stereocenters. The van der Waals surface area contributed by atoms with E-state index in [1.165, 1.54) is 18.2 Å². The van der Waals surface area contributed by atoms with E-state index < -0.39 is 23.4 Å². The molecule has 2 rings (SSSR count). The first kappa shape index (κ1) is 14.2. The van der Waals surface area contributed by atoms with Crippen molar-refractivity contribution in [2.24, 2.45) is 0 Å². The number of benzene rings is 1. The van der Waals surface area contributed by atoms with E-state index in [9.17, 15) is 18.0 Å². The fraction of sp³-hybridized carbons (Fsp3) is 0.0909. The lowest BCUT2D eigenvalue weighted by atomic mass is 10.2. The fourth-order valence-corrected chi connectivity index (χ4v) is 1.78. The third-order valence-corrected chi connectivity index (χ3v) is 2.68. The molecule has 1 heterocycles. The maximum absolute atomic E-state index is 12.7. The molecule has 0 saturated heterocycles. The number of hydrogen-bond donors (Lipinski definition) is 2. The molecule has 0 saturated carbocycles. The summed E-state index contributed by atoms with van der Waals surface area (Å²) in [4.78, 5) is 10.8. The number of rotatable bonds is 2. The zero-order valence-electron chi connectivity index (χ0n) is 9.65. The highest BCUT2D eigenvalue weighted by molar-refractivity contribution is 6.30. The van der Waals surface area contributed by atoms with E-state index >= 15 is 0 Å². The molecule has 20 heavy (non-hydrogen) atoms. The number of carboxylic acids is 1. The SMILES string of the molecule is Nc1cc(Cl)ccc1-n1cc(C(=O)O)c(C(F)(F)F)n1. The van der Waals surface area contributed by atoms with Gasteiger partial charge in [-0.3, -0.25) is 0 Å². The molecule has 0 radical (unpaired) electrons. The van der Waals surface area contributed by atoms with Crippen LogP contribution in [-0.2, 0) is 6.18 Å². The van der Waals surface area contributed by atoms with Crippen LogP contribution in [0.1, 0.15) is 16.1 Å². The molecule has 9 heteroatoms. The summed E-state index contributed by atoms with van der Waals surface area (Å²) in [6.45, 7) is 0. The highest BCUT2D eigenvalue weighted by atomic mass is 35.5. The van der Waals surface area contributed by atoms with Crippen LogP contribution in [-0.4, -0.2) is 20.9 Å². The van der Waals surface area contributed by atoms with Gasteiger partial charge < -0.3 is 10.8 Å². The summed E-state index contributed by atoms with van der Waals surface area (Å²) < 4.78 is 38.9. The smallest absolute Gasteiger partial charge is 0.436 e. The monoisotopic (exact) mass is 305 g/mol. The topological polar surface area (TPSA) is 81.1 Å². The summed E-state index contributed by atoms with van der Waals surface area (Å²) >= 11 is 5.68. The predicted octanol–water partition coefficient (Wildman–Crippen LogP) is 2.82. The highest BCUT2D eigenvalue weighted by Crippen LogP contribution is 2.32. The van der Waals surface area contributed by atoms with Gasteiger partial charge in [0.1, 0.15) is 5.56 Å². The molecule has 5 nitrogen and oxygen atoms in total. The van der Waals surface area contributed by atoms with Crippen molar-refractivity contribution in [3.63, 3.8) is 0 Å². The van der Waals surface area contributed by atoms with Crippen molar-refractivity contribution in [3.8, 4) is 5.69 Å². The Hall–Kier alpha value is -2.22. The molecule has 3 N–H and O–H groups in total. The molecule has 0 bridgehead atoms. The number of alkyl halides is 3. The Labute approximate surface area is 115 Å². The second-order valence-corrected chi connectivity index (χ2v) is 4.28. The normalized spacial score (nSPS) is 11.6. The van der Waals surface area contributed by atoms with Crippen LogP contribution in [0, 0.1) is 0 Å². The van der Waals surface area contributed by atoms with Crippen molar-refractivity contribution in [1.82, 2.24) is 9.78 Å². The number of nitrogens with zero attached hydrogens (tertiary/aromatic N) is 2. The first-order valence-corrected chi connectivity index (χ1v) is 5.53. The summed E-state index contributed by atoms with van der Waals surface area (Å²) in [5.41, 5.74) is 3.36. The molecule has 2 aromatic rings. The third kappa shape index (κ3) is 2.55. The minimum atomic E-state index is -4.87. The number of halogens is 4. The van der Waals surface area contributed by atoms with E-state index in [1.54, 1.807) is 0 Å². The first-order valence-electron chi connectivity index (χ1n) is 5.15. The van der Waals surface area contributed by atoms with Gasteiger partial charge in [-0.25, -0.2) is 9.48 Å². The molecular weight excluding hydrogens is 299 g/mol. The second kappa shape index (κ2) is 4.71. The molecule has 0 aliphatic rings. The molecule has 0 aliphatic carbocycles. The van der Waals surface area contributed by atoms with Crippen molar-refractivity contribution in [2.75, 3.05) is 5.73 Å². The van der Waals surface area contributed by atoms with Gasteiger partial charge in [0.2, 0.25) is 0 Å². The number of aromatic nitrogens is 2. The van der Waals surface area contributed by atoms with E-state index in [4.69, 9.17) is 22.4 Å². The predicted molar refractivity (Wildman–Crippen MR) is 64.9 cm³/mol. The Morgan fingerprint density at radius 3 is 2.50 bits per heavy atom. The standard InChI is InChI=1S/C11H7ClF3N3O2/c12-5-1-2-8(7(16)3-5)18-4-6(10(19)20)9(17-18)11(13,14)15/h1-4H,16H2,(H,19,20). The van der Waals surface area contributed by atoms with Gasteiger partial charge in [0.15, 0.2) is 5.69 Å². The quantitative estimate of drug-likeness (QED) is 0.836. The van der Waals surface area contributed by atoms with Gasteiger partial charge in [-0.05, 0) is 18.2 Å². The molecule has 1 aromatic carbocycles. The van der Waals surface area contributed by atoms with Crippen LogP contribution in [0.4, 0.5) is 18.9 Å². The van der Waals surface area contributed by atoms with Crippen LogP contribution in [0.2, 0.25) is 5.02 Å². The van der Waals surface area contributed by atoms with Gasteiger partial charge in [-0.15, -0.1) is 0 Å². The lowest BCUT2D eigenvalue weighted by molar-refractivity contribution is -0.141. The van der Waals surface area contributed by atoms with Gasteiger partial charge in [0, 0.05) is 11.2 Å². The lowest BCUT2D eigenvalue weighted by Crippen LogP contribution is -2.12. The summed E-state index contributed by atoms with van der Waals surface area (Å²) in [5, 5.41) is 12.3. The number of aromatic carboxylic acids is 1. The van der Waals surface area contributed by atoms with Gasteiger partial charge in [-0.2, -0.15) is 18.3 Å². The van der Waals surface area contributed by atoms with Crippen LogP contribution in [0.15, 0.2) is 24.4 Å². The number of anilines is 1. The Bertz CT molecular complexity index is 682. The van der Waals surface area contributed by atoms with E-state index in [2.05, 4.69) is 5.10 Å². The Kier molecular flexibility index (Phi) is 3.34. The molecule has 0 aliphatic heterocycles. The summed E-state index contributed by atoms with van der Waals surface area (Å²) in [5.74, 6) is -1.73. The fourth-order valence-electron chi connectivity index (χ4n) is 1.60. The number of nitrogen functional groups attached to an aromatic ring is 1. The van der Waals surface area contributed by atoms with E-state index in [1.807, 2.05) is 0 Å². The lowest BCUT2D eigenvalue weighted by Gasteiger charge is -2.06. The largest absolute Gasteiger partial charge is 0.478 e. The van der Waals surface area contributed by atoms with Gasteiger partial charge in [0.05, 0.1) is 11.4 Å². The second-order valence-electron chi connectivity index (χ2n) is 3.84. The molecular formula is C11H7ClF3N3O2. The maximum atomic E-state index is 12.7. The average Bonchev–Trinajstić information content (AvgIpc) is 2.73. The van der Waals surface area contributed by atoms with Crippen molar-refractivity contribution < 1.29 is 23.1 Å². The molecule has 0 fully saturated rings. The van der Waals surface area contributed by atoms with Crippen LogP contribution < -0.4 is 5.73 Å². The zero-order valence-corrected chi connectivity index (χ0v) is 10.4. The number of hydrogen-bond acceptors (Lipinski definition) is 3. The van der Waals surface area contributed by atoms with Gasteiger partial charge in [0.25, 0.3) is 0 Å². The molecule has 106 valence electrons. The Morgan fingerprint density at radius 2 is 2.05 bits per heavy atom. The van der Waals surface area contributed by atoms with E-state index in [0.717, 1.165) is 10.9 Å². The van der Waals surface area contributed by atoms with Crippen molar-refractivity contribution >= 4 is 23.3 Å². The average molecular weight is 306 g/mol. The third-order valence-electron chi connectivity index (χ3n) is 2.45. The van der Waals surface area contributed by atoms with Crippen LogP contribution in [0.5, 0.6) is 0 Å². The number of carbonyl (C=O) groups is 1. The molecule has 0 spiro atoms. The van der Waals surface area contributed by atoms with Crippen molar-refractivity contribution in [2.45, 2.75) is 6.18 Å². The van der Waals surface area contributed by atoms with Crippen LogP contribution in [0.25, 0.3) is 5.69 Å². The maximum Gasteiger partial charge on any atom is 0.436 e. The first-order chi connectivity index (χ1) is 9.20. The van der Waals surface area contributed by atoms with Crippen LogP contribution in [0.3, 0.4) is 0 Å². The summed E-state index contributed by atoms with van der Waals surface area (Å²) in [6.07, 6.45) is -4.12. The molecule has 0 amide bonds. The van der Waals surface area contributed by atoms with Crippen LogP contribution >= 0.6 is 11.6 Å². The number of carboxylic acid groups (broad SMARTS) is 1. The molecule has 0 unspecified atom stereocenters. The summed E-state index contributed by atoms with van der Waals surface area (Å²) in [6, 6.07) is 4.07. The van der Waals surface area contributed by atoms with Gasteiger partial charge in [-0.1, -0.05) is 11.6 Å². The van der Waals surface area contributed by atoms with E-state index in [0.29, 0.717) is 5.02 Å². The van der Waals surface area contributed by atoms with Gasteiger partial charge >= 0.3 is 12.1 Å². The minimum Gasteiger partial charge on any atom is -0.478 e. The van der Waals surface area contributed by atoms with Crippen molar-refractivity contribution in [1.29, 1.82) is 0 Å². The van der Waals surface area contributed by atoms with E-state index in [-0.39, 0.29) is 11.4 Å². The highest BCUT2D eigenvalue weighted by Gasteiger charge is 2.39. The molecule has 1 aromatic heterocycles. The van der Waals surface area contributed by atoms with Crippen molar-refractivity contribution in [3.05, 3.63) is 40.7 Å². The Balaban J connectivity index is 2.62. The minimum absolute atomic E-state index is 0.0747. The number of nitrogens with two attached hydrogens (primary N) is 1. The summed E-state index contributed by atoms with van der Waals surface area (Å²) in [7, 11) is 0. The Morgan fingerprint density at radius 1 is 1.40 bits per heavy atom.